The Kier molecular flexibility index (Phi) is 6.29. The van der Waals surface area contributed by atoms with Gasteiger partial charge in [0.05, 0.1) is 12.5 Å². The van der Waals surface area contributed by atoms with Crippen molar-refractivity contribution < 1.29 is 14.3 Å². The molecule has 1 heterocycles. The van der Waals surface area contributed by atoms with Gasteiger partial charge in [-0.05, 0) is 63.1 Å². The zero-order valence-electron chi connectivity index (χ0n) is 16.7. The van der Waals surface area contributed by atoms with Gasteiger partial charge in [-0.2, -0.15) is 0 Å². The fraction of sp³-hybridized carbons (Fsp3) is 0.364. The van der Waals surface area contributed by atoms with Gasteiger partial charge in [-0.25, -0.2) is 0 Å². The Balaban J connectivity index is 1.75. The molecule has 1 saturated heterocycles. The number of aryl methyl sites for hydroxylation is 3. The van der Waals surface area contributed by atoms with E-state index >= 15 is 0 Å². The van der Waals surface area contributed by atoms with E-state index in [0.29, 0.717) is 23.8 Å². The molecule has 1 aliphatic rings. The van der Waals surface area contributed by atoms with E-state index < -0.39 is 6.04 Å². The van der Waals surface area contributed by atoms with Crippen LogP contribution in [0.1, 0.15) is 34.0 Å². The molecule has 1 N–H and O–H groups in total. The molecule has 5 nitrogen and oxygen atoms in total. The SMILES string of the molecule is CCOc1ccc(C(=O)N2CSCC2C(=O)Nc2ccc(C)cc2C)cc1C. The highest BCUT2D eigenvalue weighted by Gasteiger charge is 2.35. The lowest BCUT2D eigenvalue weighted by atomic mass is 10.1. The van der Waals surface area contributed by atoms with E-state index in [1.807, 2.05) is 58.0 Å². The molecule has 0 aromatic heterocycles. The number of hydrogen-bond donors (Lipinski definition) is 1. The summed E-state index contributed by atoms with van der Waals surface area (Å²) in [7, 11) is 0. The molecule has 2 aromatic rings. The van der Waals surface area contributed by atoms with Crippen LogP contribution in [0.25, 0.3) is 0 Å². The molecule has 1 unspecified atom stereocenters. The fourth-order valence-corrected chi connectivity index (χ4v) is 4.45. The number of thioether (sulfide) groups is 1. The Morgan fingerprint density at radius 3 is 2.61 bits per heavy atom. The lowest BCUT2D eigenvalue weighted by molar-refractivity contribution is -0.119. The van der Waals surface area contributed by atoms with Crippen molar-refractivity contribution in [3.8, 4) is 5.75 Å². The van der Waals surface area contributed by atoms with Crippen molar-refractivity contribution in [1.29, 1.82) is 0 Å². The van der Waals surface area contributed by atoms with Crippen LogP contribution in [0.5, 0.6) is 5.75 Å². The van der Waals surface area contributed by atoms with E-state index in [0.717, 1.165) is 28.1 Å². The average molecular weight is 399 g/mol. The second-order valence-corrected chi connectivity index (χ2v) is 8.01. The van der Waals surface area contributed by atoms with Crippen molar-refractivity contribution >= 4 is 29.3 Å². The smallest absolute Gasteiger partial charge is 0.255 e. The van der Waals surface area contributed by atoms with Crippen molar-refractivity contribution in [3.05, 3.63) is 58.7 Å². The van der Waals surface area contributed by atoms with Crippen LogP contribution in [-0.4, -0.2) is 41.0 Å². The Hall–Kier alpha value is -2.47. The summed E-state index contributed by atoms with van der Waals surface area (Å²) < 4.78 is 5.55. The number of carbonyl (C=O) groups is 2. The molecule has 0 radical (unpaired) electrons. The number of amides is 2. The predicted octanol–water partition coefficient (Wildman–Crippen LogP) is 4.16. The number of benzene rings is 2. The maximum absolute atomic E-state index is 13.0. The number of rotatable bonds is 5. The summed E-state index contributed by atoms with van der Waals surface area (Å²) in [5.41, 5.74) is 4.44. The maximum atomic E-state index is 13.0. The molecule has 0 saturated carbocycles. The summed E-state index contributed by atoms with van der Waals surface area (Å²) in [5.74, 6) is 1.61. The Morgan fingerprint density at radius 1 is 1.14 bits per heavy atom. The molecule has 0 spiro atoms. The third-order valence-electron chi connectivity index (χ3n) is 4.81. The van der Waals surface area contributed by atoms with Gasteiger partial charge in [-0.3, -0.25) is 9.59 Å². The highest BCUT2D eigenvalue weighted by molar-refractivity contribution is 7.99. The minimum atomic E-state index is -0.481. The van der Waals surface area contributed by atoms with Crippen LogP contribution in [0.3, 0.4) is 0 Å². The van der Waals surface area contributed by atoms with Gasteiger partial charge in [0.1, 0.15) is 11.8 Å². The molecular weight excluding hydrogens is 372 g/mol. The van der Waals surface area contributed by atoms with Gasteiger partial charge in [0, 0.05) is 17.0 Å². The number of anilines is 1. The first-order valence-corrected chi connectivity index (χ1v) is 10.6. The molecule has 2 amide bonds. The monoisotopic (exact) mass is 398 g/mol. The molecular formula is C22H26N2O3S. The van der Waals surface area contributed by atoms with Gasteiger partial charge in [-0.1, -0.05) is 17.7 Å². The molecule has 6 heteroatoms. The molecule has 28 heavy (non-hydrogen) atoms. The largest absolute Gasteiger partial charge is 0.494 e. The van der Waals surface area contributed by atoms with E-state index in [4.69, 9.17) is 4.74 Å². The number of hydrogen-bond acceptors (Lipinski definition) is 4. The summed E-state index contributed by atoms with van der Waals surface area (Å²) in [6.45, 7) is 8.42. The number of nitrogens with one attached hydrogen (secondary N) is 1. The van der Waals surface area contributed by atoms with Crippen LogP contribution in [0.4, 0.5) is 5.69 Å². The van der Waals surface area contributed by atoms with Crippen LogP contribution >= 0.6 is 11.8 Å². The fourth-order valence-electron chi connectivity index (χ4n) is 3.30. The highest BCUT2D eigenvalue weighted by Crippen LogP contribution is 2.27. The van der Waals surface area contributed by atoms with Crippen LogP contribution in [0.15, 0.2) is 36.4 Å². The lowest BCUT2D eigenvalue weighted by Gasteiger charge is -2.24. The van der Waals surface area contributed by atoms with E-state index in [9.17, 15) is 9.59 Å². The van der Waals surface area contributed by atoms with Gasteiger partial charge in [0.25, 0.3) is 5.91 Å². The predicted molar refractivity (Wildman–Crippen MR) is 114 cm³/mol. The number of carbonyl (C=O) groups excluding carboxylic acids is 2. The Labute approximate surface area is 170 Å². The van der Waals surface area contributed by atoms with Gasteiger partial charge < -0.3 is 15.0 Å². The summed E-state index contributed by atoms with van der Waals surface area (Å²) >= 11 is 1.59. The van der Waals surface area contributed by atoms with E-state index in [1.165, 1.54) is 0 Å². The first kappa shape index (κ1) is 20.3. The van der Waals surface area contributed by atoms with E-state index in [2.05, 4.69) is 5.32 Å². The van der Waals surface area contributed by atoms with Crippen molar-refractivity contribution in [1.82, 2.24) is 4.90 Å². The second-order valence-electron chi connectivity index (χ2n) is 7.01. The Morgan fingerprint density at radius 2 is 1.93 bits per heavy atom. The molecule has 1 atom stereocenters. The molecule has 148 valence electrons. The highest BCUT2D eigenvalue weighted by atomic mass is 32.2. The standard InChI is InChI=1S/C22H26N2O3S/c1-5-27-20-9-7-17(11-16(20)4)22(26)24-13-28-12-19(24)21(25)23-18-8-6-14(2)10-15(18)3/h6-11,19H,5,12-13H2,1-4H3,(H,23,25). The van der Waals surface area contributed by atoms with Gasteiger partial charge in [0.2, 0.25) is 5.91 Å². The molecule has 3 rings (SSSR count). The summed E-state index contributed by atoms with van der Waals surface area (Å²) in [6.07, 6.45) is 0. The number of ether oxygens (including phenoxy) is 1. The first-order valence-electron chi connectivity index (χ1n) is 9.41. The van der Waals surface area contributed by atoms with Crippen molar-refractivity contribution in [2.75, 3.05) is 23.6 Å². The maximum Gasteiger partial charge on any atom is 0.255 e. The second kappa shape index (κ2) is 8.69. The minimum Gasteiger partial charge on any atom is -0.494 e. The summed E-state index contributed by atoms with van der Waals surface area (Å²) in [6, 6.07) is 10.8. The topological polar surface area (TPSA) is 58.6 Å². The van der Waals surface area contributed by atoms with Crippen molar-refractivity contribution in [2.24, 2.45) is 0 Å². The summed E-state index contributed by atoms with van der Waals surface area (Å²) in [4.78, 5) is 27.6. The third kappa shape index (κ3) is 4.33. The minimum absolute atomic E-state index is 0.128. The normalized spacial score (nSPS) is 16.1. The molecule has 0 bridgehead atoms. The lowest BCUT2D eigenvalue weighted by Crippen LogP contribution is -2.44. The molecule has 1 aliphatic heterocycles. The molecule has 0 aliphatic carbocycles. The van der Waals surface area contributed by atoms with Gasteiger partial charge in [0.15, 0.2) is 0 Å². The first-order chi connectivity index (χ1) is 13.4. The summed E-state index contributed by atoms with van der Waals surface area (Å²) in [5, 5.41) is 2.99. The van der Waals surface area contributed by atoms with Crippen molar-refractivity contribution in [3.63, 3.8) is 0 Å². The van der Waals surface area contributed by atoms with Crippen LogP contribution < -0.4 is 10.1 Å². The van der Waals surface area contributed by atoms with Crippen molar-refractivity contribution in [2.45, 2.75) is 33.7 Å². The van der Waals surface area contributed by atoms with Crippen LogP contribution in [-0.2, 0) is 4.79 Å². The van der Waals surface area contributed by atoms with Crippen LogP contribution in [0.2, 0.25) is 0 Å². The zero-order chi connectivity index (χ0) is 20.3. The van der Waals surface area contributed by atoms with Gasteiger partial charge >= 0.3 is 0 Å². The van der Waals surface area contributed by atoms with E-state index in [-0.39, 0.29) is 11.8 Å². The van der Waals surface area contributed by atoms with Gasteiger partial charge in [-0.15, -0.1) is 11.8 Å². The van der Waals surface area contributed by atoms with Crippen LogP contribution in [0, 0.1) is 20.8 Å². The number of nitrogens with zero attached hydrogens (tertiary/aromatic N) is 1. The van der Waals surface area contributed by atoms with E-state index in [1.54, 1.807) is 22.7 Å². The zero-order valence-corrected chi connectivity index (χ0v) is 17.6. The quantitative estimate of drug-likeness (QED) is 0.821. The molecule has 1 fully saturated rings. The Bertz CT molecular complexity index is 897. The molecule has 2 aromatic carbocycles. The average Bonchev–Trinajstić information content (AvgIpc) is 3.15. The third-order valence-corrected chi connectivity index (χ3v) is 5.82.